The number of fused-ring (bicyclic) bond motifs is 1. The number of hydrogen-bond acceptors (Lipinski definition) is 7. The van der Waals surface area contributed by atoms with Crippen LogP contribution < -0.4 is 15.4 Å². The Labute approximate surface area is 194 Å². The predicted molar refractivity (Wildman–Crippen MR) is 127 cm³/mol. The molecule has 0 aliphatic carbocycles. The minimum absolute atomic E-state index is 0.105. The quantitative estimate of drug-likeness (QED) is 0.366. The second-order valence-electron chi connectivity index (χ2n) is 7.04. The fraction of sp³-hybridized carbons (Fsp3) is 0.261. The largest absolute Gasteiger partial charge is 0.493 e. The highest BCUT2D eigenvalue weighted by Gasteiger charge is 2.17. The molecule has 2 aromatic carbocycles. The van der Waals surface area contributed by atoms with Crippen molar-refractivity contribution in [2.45, 2.75) is 11.3 Å². The van der Waals surface area contributed by atoms with E-state index in [1.165, 1.54) is 28.7 Å². The Morgan fingerprint density at radius 2 is 2.12 bits per heavy atom. The highest BCUT2D eigenvalue weighted by molar-refractivity contribution is 8.00. The number of benzene rings is 2. The molecule has 1 aliphatic rings. The molecule has 1 aliphatic heterocycles. The van der Waals surface area contributed by atoms with Crippen molar-refractivity contribution in [3.63, 3.8) is 0 Å². The maximum absolute atomic E-state index is 12.9. The maximum Gasteiger partial charge on any atom is 0.258 e. The molecule has 0 radical (unpaired) electrons. The molecule has 0 unspecified atom stereocenters. The normalized spacial score (nSPS) is 12.2. The van der Waals surface area contributed by atoms with Crippen molar-refractivity contribution in [1.29, 1.82) is 0 Å². The van der Waals surface area contributed by atoms with Gasteiger partial charge in [-0.25, -0.2) is 4.98 Å². The Morgan fingerprint density at radius 3 is 3.00 bits per heavy atom. The first-order chi connectivity index (χ1) is 15.6. The molecule has 3 aromatic rings. The van der Waals surface area contributed by atoms with E-state index in [0.717, 1.165) is 28.3 Å². The molecule has 7 nitrogen and oxygen atoms in total. The summed E-state index contributed by atoms with van der Waals surface area (Å²) in [5.41, 5.74) is 3.50. The molecule has 1 aromatic heterocycles. The van der Waals surface area contributed by atoms with Crippen molar-refractivity contribution >= 4 is 40.0 Å². The molecule has 166 valence electrons. The van der Waals surface area contributed by atoms with Gasteiger partial charge in [-0.2, -0.15) is 0 Å². The summed E-state index contributed by atoms with van der Waals surface area (Å²) in [6, 6.07) is 13.3. The molecule has 2 N–H and O–H groups in total. The van der Waals surface area contributed by atoms with Gasteiger partial charge in [0.2, 0.25) is 5.91 Å². The van der Waals surface area contributed by atoms with Crippen LogP contribution in [0.1, 0.15) is 15.9 Å². The summed E-state index contributed by atoms with van der Waals surface area (Å²) in [7, 11) is 1.59. The molecule has 9 heteroatoms. The first-order valence-corrected chi connectivity index (χ1v) is 12.0. The van der Waals surface area contributed by atoms with E-state index in [-0.39, 0.29) is 17.6 Å². The monoisotopic (exact) mass is 469 g/mol. The molecular formula is C23H23N3O4S2. The Kier molecular flexibility index (Phi) is 7.41. The van der Waals surface area contributed by atoms with Gasteiger partial charge >= 0.3 is 0 Å². The van der Waals surface area contributed by atoms with Gasteiger partial charge < -0.3 is 14.8 Å². The van der Waals surface area contributed by atoms with Gasteiger partial charge in [0.15, 0.2) is 5.13 Å². The number of aromatic nitrogens is 1. The lowest BCUT2D eigenvalue weighted by atomic mass is 10.1. The zero-order valence-corrected chi connectivity index (χ0v) is 19.2. The van der Waals surface area contributed by atoms with Crippen LogP contribution in [0.5, 0.6) is 5.75 Å². The van der Waals surface area contributed by atoms with Crippen LogP contribution in [0.2, 0.25) is 0 Å². The number of carbonyl (C=O) groups is 2. The summed E-state index contributed by atoms with van der Waals surface area (Å²) in [6.07, 6.45) is 0.899. The summed E-state index contributed by atoms with van der Waals surface area (Å²) in [6.45, 7) is 1.63. The van der Waals surface area contributed by atoms with Crippen LogP contribution in [-0.4, -0.2) is 49.4 Å². The Bertz CT molecular complexity index is 1120. The molecule has 2 heterocycles. The number of amides is 2. The van der Waals surface area contributed by atoms with E-state index in [1.807, 2.05) is 29.6 Å². The van der Waals surface area contributed by atoms with Crippen LogP contribution >= 0.6 is 23.1 Å². The Hall–Kier alpha value is -2.88. The van der Waals surface area contributed by atoms with Gasteiger partial charge in [-0.05, 0) is 35.9 Å². The second kappa shape index (κ2) is 10.6. The number of rotatable bonds is 9. The van der Waals surface area contributed by atoms with E-state index in [2.05, 4.69) is 21.7 Å². The first-order valence-electron chi connectivity index (χ1n) is 10.1. The molecule has 4 rings (SSSR count). The van der Waals surface area contributed by atoms with Gasteiger partial charge in [0.1, 0.15) is 5.75 Å². The lowest BCUT2D eigenvalue weighted by Gasteiger charge is -2.09. The highest BCUT2D eigenvalue weighted by atomic mass is 32.2. The van der Waals surface area contributed by atoms with E-state index in [0.29, 0.717) is 30.5 Å². The average molecular weight is 470 g/mol. The number of thiazole rings is 1. The zero-order valence-electron chi connectivity index (χ0n) is 17.6. The van der Waals surface area contributed by atoms with Gasteiger partial charge in [0.05, 0.1) is 30.2 Å². The van der Waals surface area contributed by atoms with Crippen molar-refractivity contribution < 1.29 is 19.1 Å². The molecule has 0 saturated heterocycles. The van der Waals surface area contributed by atoms with E-state index < -0.39 is 0 Å². The van der Waals surface area contributed by atoms with Crippen LogP contribution in [0.3, 0.4) is 0 Å². The first kappa shape index (κ1) is 22.3. The van der Waals surface area contributed by atoms with Crippen molar-refractivity contribution in [3.05, 3.63) is 59.0 Å². The summed E-state index contributed by atoms with van der Waals surface area (Å²) in [4.78, 5) is 30.2. The Morgan fingerprint density at radius 1 is 1.25 bits per heavy atom. The maximum atomic E-state index is 12.9. The molecule has 0 saturated carbocycles. The number of methoxy groups -OCH3 is 1. The molecule has 2 amide bonds. The SMILES string of the molecule is COCCNC(=O)CSc1ccccc1C(=O)Nc1nc(-c2ccc3c(c2)CCO3)cs1. The fourth-order valence-corrected chi connectivity index (χ4v) is 4.84. The van der Waals surface area contributed by atoms with Gasteiger partial charge in [0, 0.05) is 35.9 Å². The predicted octanol–water partition coefficient (Wildman–Crippen LogP) is 3.85. The third-order valence-electron chi connectivity index (χ3n) is 4.83. The van der Waals surface area contributed by atoms with Crippen molar-refractivity contribution in [2.24, 2.45) is 0 Å². The standard InChI is InChI=1S/C23H23N3O4S2/c1-29-11-9-24-21(27)14-31-20-5-3-2-4-17(20)22(28)26-23-25-18(13-32-23)15-6-7-19-16(12-15)8-10-30-19/h2-7,12-13H,8-11,14H2,1H3,(H,24,27)(H,25,26,28). The van der Waals surface area contributed by atoms with Gasteiger partial charge in [-0.1, -0.05) is 12.1 Å². The van der Waals surface area contributed by atoms with Gasteiger partial charge in [0.25, 0.3) is 5.91 Å². The third-order valence-corrected chi connectivity index (χ3v) is 6.66. The zero-order chi connectivity index (χ0) is 22.3. The van der Waals surface area contributed by atoms with Crippen LogP contribution in [0.4, 0.5) is 5.13 Å². The number of ether oxygens (including phenoxy) is 2. The number of nitrogens with one attached hydrogen (secondary N) is 2. The van der Waals surface area contributed by atoms with E-state index in [4.69, 9.17) is 9.47 Å². The average Bonchev–Trinajstić information content (AvgIpc) is 3.47. The minimum atomic E-state index is -0.254. The fourth-order valence-electron chi connectivity index (χ4n) is 3.24. The summed E-state index contributed by atoms with van der Waals surface area (Å²) >= 11 is 2.70. The summed E-state index contributed by atoms with van der Waals surface area (Å²) in [5, 5.41) is 8.11. The Balaban J connectivity index is 1.40. The third kappa shape index (κ3) is 5.48. The van der Waals surface area contributed by atoms with Crippen LogP contribution in [0.25, 0.3) is 11.3 Å². The minimum Gasteiger partial charge on any atom is -0.493 e. The van der Waals surface area contributed by atoms with Gasteiger partial charge in [-0.15, -0.1) is 23.1 Å². The van der Waals surface area contributed by atoms with E-state index in [9.17, 15) is 9.59 Å². The molecule has 32 heavy (non-hydrogen) atoms. The summed E-state index contributed by atoms with van der Waals surface area (Å²) in [5.74, 6) is 0.791. The molecule has 0 spiro atoms. The number of thioether (sulfide) groups is 1. The molecule has 0 atom stereocenters. The molecular weight excluding hydrogens is 446 g/mol. The lowest BCUT2D eigenvalue weighted by molar-refractivity contribution is -0.118. The van der Waals surface area contributed by atoms with Gasteiger partial charge in [-0.3, -0.25) is 14.9 Å². The molecule has 0 fully saturated rings. The van der Waals surface area contributed by atoms with Crippen LogP contribution in [0.15, 0.2) is 52.7 Å². The number of anilines is 1. The molecule has 0 bridgehead atoms. The van der Waals surface area contributed by atoms with Crippen molar-refractivity contribution in [2.75, 3.05) is 37.9 Å². The van der Waals surface area contributed by atoms with Crippen molar-refractivity contribution in [3.8, 4) is 17.0 Å². The van der Waals surface area contributed by atoms with E-state index >= 15 is 0 Å². The smallest absolute Gasteiger partial charge is 0.258 e. The van der Waals surface area contributed by atoms with E-state index in [1.54, 1.807) is 19.2 Å². The second-order valence-corrected chi connectivity index (χ2v) is 8.92. The topological polar surface area (TPSA) is 89.5 Å². The number of hydrogen-bond donors (Lipinski definition) is 2. The lowest BCUT2D eigenvalue weighted by Crippen LogP contribution is -2.28. The van der Waals surface area contributed by atoms with Crippen molar-refractivity contribution in [1.82, 2.24) is 10.3 Å². The summed E-state index contributed by atoms with van der Waals surface area (Å²) < 4.78 is 10.5. The van der Waals surface area contributed by atoms with Crippen LogP contribution in [0, 0.1) is 0 Å². The highest BCUT2D eigenvalue weighted by Crippen LogP contribution is 2.32. The number of nitrogens with zero attached hydrogens (tertiary/aromatic N) is 1. The number of carbonyl (C=O) groups excluding carboxylic acids is 2. The van der Waals surface area contributed by atoms with Crippen LogP contribution in [-0.2, 0) is 16.0 Å².